The molecule has 4 nitrogen and oxygen atoms in total. The second kappa shape index (κ2) is 4.40. The van der Waals surface area contributed by atoms with E-state index >= 15 is 0 Å². The summed E-state index contributed by atoms with van der Waals surface area (Å²) >= 11 is 0. The Labute approximate surface area is 109 Å². The second-order valence-electron chi connectivity index (χ2n) is 4.66. The molecule has 1 unspecified atom stereocenters. The minimum atomic E-state index is -0.448. The highest BCUT2D eigenvalue weighted by molar-refractivity contribution is 5.73. The lowest BCUT2D eigenvalue weighted by molar-refractivity contribution is 0.555. The van der Waals surface area contributed by atoms with Crippen LogP contribution in [-0.2, 0) is 0 Å². The Balaban J connectivity index is 2.03. The first-order valence-corrected chi connectivity index (χ1v) is 6.08. The smallest absolute Gasteiger partial charge is 0.408 e. The van der Waals surface area contributed by atoms with Crippen molar-refractivity contribution < 1.29 is 4.42 Å². The van der Waals surface area contributed by atoms with E-state index in [0.29, 0.717) is 11.1 Å². The number of hydrogen-bond acceptors (Lipinski definition) is 3. The van der Waals surface area contributed by atoms with Crippen molar-refractivity contribution in [3.8, 4) is 0 Å². The average molecular weight is 254 g/mol. The number of aryl methyl sites for hydroxylation is 1. The zero-order chi connectivity index (χ0) is 13.4. The molecule has 0 saturated carbocycles. The van der Waals surface area contributed by atoms with Gasteiger partial charge >= 0.3 is 5.76 Å². The zero-order valence-electron chi connectivity index (χ0n) is 10.5. The van der Waals surface area contributed by atoms with E-state index in [1.165, 1.54) is 5.56 Å². The van der Waals surface area contributed by atoms with Gasteiger partial charge in [0, 0.05) is 0 Å². The molecule has 96 valence electrons. The summed E-state index contributed by atoms with van der Waals surface area (Å²) < 4.78 is 5.05. The van der Waals surface area contributed by atoms with Crippen LogP contribution in [0.5, 0.6) is 0 Å². The molecule has 0 aliphatic heterocycles. The Kier molecular flexibility index (Phi) is 2.72. The van der Waals surface area contributed by atoms with Gasteiger partial charge in [0.2, 0.25) is 0 Å². The van der Waals surface area contributed by atoms with Gasteiger partial charge in [-0.1, -0.05) is 35.9 Å². The molecule has 0 saturated heterocycles. The Morgan fingerprint density at radius 3 is 2.53 bits per heavy atom. The van der Waals surface area contributed by atoms with E-state index in [4.69, 9.17) is 10.2 Å². The number of nitrogens with two attached hydrogens (primary N) is 1. The summed E-state index contributed by atoms with van der Waals surface area (Å²) in [6, 6.07) is 13.4. The number of aromatic amines is 1. The number of nitrogens with one attached hydrogen (secondary N) is 1. The first-order valence-electron chi connectivity index (χ1n) is 6.08. The van der Waals surface area contributed by atoms with E-state index in [2.05, 4.69) is 4.98 Å². The van der Waals surface area contributed by atoms with Crippen molar-refractivity contribution in [1.82, 2.24) is 4.98 Å². The Bertz CT molecular complexity index is 769. The first kappa shape index (κ1) is 11.7. The van der Waals surface area contributed by atoms with Crippen LogP contribution in [0, 0.1) is 6.92 Å². The van der Waals surface area contributed by atoms with Gasteiger partial charge in [-0.15, -0.1) is 0 Å². The van der Waals surface area contributed by atoms with Crippen LogP contribution in [0.2, 0.25) is 0 Å². The minimum absolute atomic E-state index is 0.231. The van der Waals surface area contributed by atoms with Crippen LogP contribution in [-0.4, -0.2) is 4.98 Å². The van der Waals surface area contributed by atoms with E-state index in [-0.39, 0.29) is 6.04 Å². The summed E-state index contributed by atoms with van der Waals surface area (Å²) in [5.74, 6) is -0.448. The van der Waals surface area contributed by atoms with Gasteiger partial charge in [0.25, 0.3) is 0 Å². The van der Waals surface area contributed by atoms with E-state index in [1.54, 1.807) is 6.07 Å². The normalized spacial score (nSPS) is 12.7. The van der Waals surface area contributed by atoms with Gasteiger partial charge < -0.3 is 10.2 Å². The monoisotopic (exact) mass is 254 g/mol. The molecule has 1 heterocycles. The fourth-order valence-corrected chi connectivity index (χ4v) is 2.12. The summed E-state index contributed by atoms with van der Waals surface area (Å²) in [4.78, 5) is 13.7. The van der Waals surface area contributed by atoms with Crippen LogP contribution < -0.4 is 11.5 Å². The molecule has 3 rings (SSSR count). The molecule has 0 fully saturated rings. The van der Waals surface area contributed by atoms with Crippen molar-refractivity contribution in [2.24, 2.45) is 5.73 Å². The number of rotatable bonds is 2. The second-order valence-corrected chi connectivity index (χ2v) is 4.66. The maximum atomic E-state index is 11.1. The third-order valence-electron chi connectivity index (χ3n) is 3.24. The van der Waals surface area contributed by atoms with Gasteiger partial charge in [-0.05, 0) is 30.2 Å². The zero-order valence-corrected chi connectivity index (χ0v) is 10.5. The number of oxazole rings is 1. The van der Waals surface area contributed by atoms with Crippen LogP contribution in [0.1, 0.15) is 22.7 Å². The van der Waals surface area contributed by atoms with Crippen LogP contribution in [0.3, 0.4) is 0 Å². The lowest BCUT2D eigenvalue weighted by atomic mass is 9.98. The van der Waals surface area contributed by atoms with Crippen molar-refractivity contribution in [1.29, 1.82) is 0 Å². The van der Waals surface area contributed by atoms with Crippen molar-refractivity contribution in [2.45, 2.75) is 13.0 Å². The molecule has 3 aromatic rings. The number of fused-ring (bicyclic) bond motifs is 1. The molecule has 0 amide bonds. The van der Waals surface area contributed by atoms with Crippen molar-refractivity contribution >= 4 is 11.1 Å². The van der Waals surface area contributed by atoms with Crippen LogP contribution in [0.25, 0.3) is 11.1 Å². The molecule has 2 aromatic carbocycles. The molecule has 0 radical (unpaired) electrons. The number of H-pyrrole nitrogens is 1. The van der Waals surface area contributed by atoms with E-state index < -0.39 is 5.76 Å². The summed E-state index contributed by atoms with van der Waals surface area (Å²) in [6.07, 6.45) is 0. The number of benzene rings is 2. The maximum Gasteiger partial charge on any atom is 0.417 e. The van der Waals surface area contributed by atoms with Crippen molar-refractivity contribution in [2.75, 3.05) is 0 Å². The quantitative estimate of drug-likeness (QED) is 0.738. The topological polar surface area (TPSA) is 72.0 Å². The first-order chi connectivity index (χ1) is 9.13. The molecule has 1 aromatic heterocycles. The maximum absolute atomic E-state index is 11.1. The molecular formula is C15H14N2O2. The molecule has 0 bridgehead atoms. The lowest BCUT2D eigenvalue weighted by Gasteiger charge is -2.12. The van der Waals surface area contributed by atoms with Crippen LogP contribution in [0.15, 0.2) is 51.7 Å². The van der Waals surface area contributed by atoms with E-state index in [1.807, 2.05) is 43.3 Å². The summed E-state index contributed by atoms with van der Waals surface area (Å²) in [6.45, 7) is 2.04. The molecule has 19 heavy (non-hydrogen) atoms. The fourth-order valence-electron chi connectivity index (χ4n) is 2.12. The largest absolute Gasteiger partial charge is 0.417 e. The lowest BCUT2D eigenvalue weighted by Crippen LogP contribution is -2.11. The molecule has 0 aliphatic rings. The van der Waals surface area contributed by atoms with Gasteiger partial charge in [-0.25, -0.2) is 4.79 Å². The van der Waals surface area contributed by atoms with Crippen molar-refractivity contribution in [3.63, 3.8) is 0 Å². The van der Waals surface area contributed by atoms with Crippen LogP contribution in [0.4, 0.5) is 0 Å². The Hall–Kier alpha value is -2.33. The summed E-state index contributed by atoms with van der Waals surface area (Å²) in [5.41, 5.74) is 10.6. The predicted molar refractivity (Wildman–Crippen MR) is 74.0 cm³/mol. The molecule has 0 spiro atoms. The van der Waals surface area contributed by atoms with Crippen molar-refractivity contribution in [3.05, 3.63) is 69.7 Å². The van der Waals surface area contributed by atoms with E-state index in [0.717, 1.165) is 11.1 Å². The molecule has 4 heteroatoms. The Morgan fingerprint density at radius 1 is 1.11 bits per heavy atom. The fraction of sp³-hybridized carbons (Fsp3) is 0.133. The number of aromatic nitrogens is 1. The van der Waals surface area contributed by atoms with Gasteiger partial charge in [0.15, 0.2) is 5.58 Å². The molecule has 1 atom stereocenters. The third-order valence-corrected chi connectivity index (χ3v) is 3.24. The van der Waals surface area contributed by atoms with E-state index in [9.17, 15) is 4.79 Å². The average Bonchev–Trinajstić information content (AvgIpc) is 2.77. The van der Waals surface area contributed by atoms with Gasteiger partial charge in [-0.2, -0.15) is 0 Å². The highest BCUT2D eigenvalue weighted by atomic mass is 16.4. The molecular weight excluding hydrogens is 240 g/mol. The minimum Gasteiger partial charge on any atom is -0.408 e. The summed E-state index contributed by atoms with van der Waals surface area (Å²) in [7, 11) is 0. The highest BCUT2D eigenvalue weighted by Crippen LogP contribution is 2.22. The van der Waals surface area contributed by atoms with Gasteiger partial charge in [-0.3, -0.25) is 4.98 Å². The SMILES string of the molecule is Cc1ccc(C(N)c2ccc3[nH]c(=O)oc3c2)cc1. The van der Waals surface area contributed by atoms with Gasteiger partial charge in [0.1, 0.15) is 0 Å². The molecule has 0 aliphatic carbocycles. The number of hydrogen-bond donors (Lipinski definition) is 2. The van der Waals surface area contributed by atoms with Crippen LogP contribution >= 0.6 is 0 Å². The standard InChI is InChI=1S/C15H14N2O2/c1-9-2-4-10(5-3-9)14(16)11-6-7-12-13(8-11)19-15(18)17-12/h2-8,14H,16H2,1H3,(H,17,18). The van der Waals surface area contributed by atoms with Gasteiger partial charge in [0.05, 0.1) is 11.6 Å². The highest BCUT2D eigenvalue weighted by Gasteiger charge is 2.11. The molecule has 3 N–H and O–H groups in total. The third kappa shape index (κ3) is 2.18. The predicted octanol–water partition coefficient (Wildman–Crippen LogP) is 2.48. The summed E-state index contributed by atoms with van der Waals surface area (Å²) in [5, 5.41) is 0. The Morgan fingerprint density at radius 2 is 1.79 bits per heavy atom.